The lowest BCUT2D eigenvalue weighted by Gasteiger charge is -2.18. The summed E-state index contributed by atoms with van der Waals surface area (Å²) in [6, 6.07) is 0. The van der Waals surface area contributed by atoms with Crippen molar-refractivity contribution in [2.75, 3.05) is 19.8 Å². The van der Waals surface area contributed by atoms with E-state index in [0.29, 0.717) is 18.4 Å². The first-order valence-electron chi connectivity index (χ1n) is 4.53. The minimum absolute atomic E-state index is 0.328. The predicted molar refractivity (Wildman–Crippen MR) is 44.4 cm³/mol. The average molecular weight is 158 g/mol. The van der Waals surface area contributed by atoms with Crippen molar-refractivity contribution in [2.45, 2.75) is 26.2 Å². The molecule has 2 heteroatoms. The molecule has 2 atom stereocenters. The zero-order valence-corrected chi connectivity index (χ0v) is 7.25. The third-order valence-corrected chi connectivity index (χ3v) is 2.55. The van der Waals surface area contributed by atoms with Gasteiger partial charge >= 0.3 is 0 Å². The van der Waals surface area contributed by atoms with Gasteiger partial charge in [-0.3, -0.25) is 0 Å². The molecule has 0 saturated carbocycles. The molecule has 0 aromatic rings. The fraction of sp³-hybridized carbons (Fsp3) is 1.00. The van der Waals surface area contributed by atoms with Crippen molar-refractivity contribution in [3.05, 3.63) is 0 Å². The first-order chi connectivity index (χ1) is 5.34. The largest absolute Gasteiger partial charge is 0.396 e. The Morgan fingerprint density at radius 3 is 3.09 bits per heavy atom. The second kappa shape index (κ2) is 4.73. The maximum absolute atomic E-state index is 8.79. The van der Waals surface area contributed by atoms with Crippen molar-refractivity contribution in [3.63, 3.8) is 0 Å². The topological polar surface area (TPSA) is 29.5 Å². The van der Waals surface area contributed by atoms with Gasteiger partial charge in [-0.05, 0) is 31.1 Å². The van der Waals surface area contributed by atoms with Gasteiger partial charge in [0.2, 0.25) is 0 Å². The van der Waals surface area contributed by atoms with E-state index in [1.165, 1.54) is 6.42 Å². The Balaban J connectivity index is 2.32. The lowest BCUT2D eigenvalue weighted by Crippen LogP contribution is -2.15. The highest BCUT2D eigenvalue weighted by Crippen LogP contribution is 2.24. The number of aliphatic hydroxyl groups is 1. The number of hydrogen-bond donors (Lipinski definition) is 1. The summed E-state index contributed by atoms with van der Waals surface area (Å²) in [6.45, 7) is 4.33. The van der Waals surface area contributed by atoms with Crippen LogP contribution in [0.1, 0.15) is 26.2 Å². The summed E-state index contributed by atoms with van der Waals surface area (Å²) in [5, 5.41) is 8.79. The fourth-order valence-corrected chi connectivity index (χ4v) is 1.73. The van der Waals surface area contributed by atoms with E-state index in [0.717, 1.165) is 26.1 Å². The maximum Gasteiger partial charge on any atom is 0.0494 e. The predicted octanol–water partition coefficient (Wildman–Crippen LogP) is 1.43. The van der Waals surface area contributed by atoms with Gasteiger partial charge in [0.25, 0.3) is 0 Å². The van der Waals surface area contributed by atoms with Crippen molar-refractivity contribution in [3.8, 4) is 0 Å². The lowest BCUT2D eigenvalue weighted by molar-refractivity contribution is 0.106. The highest BCUT2D eigenvalue weighted by Gasteiger charge is 2.19. The highest BCUT2D eigenvalue weighted by atomic mass is 16.5. The van der Waals surface area contributed by atoms with Gasteiger partial charge in [-0.15, -0.1) is 0 Å². The number of hydrogen-bond acceptors (Lipinski definition) is 2. The standard InChI is InChI=1S/C9H18O2/c1-8-7-11-6-2-3-9(8)4-5-10/h8-10H,2-7H2,1H3. The molecule has 1 heterocycles. The molecule has 1 aliphatic heterocycles. The van der Waals surface area contributed by atoms with Gasteiger partial charge in [0.05, 0.1) is 0 Å². The Labute approximate surface area is 68.6 Å². The van der Waals surface area contributed by atoms with Crippen molar-refractivity contribution in [1.29, 1.82) is 0 Å². The molecular weight excluding hydrogens is 140 g/mol. The van der Waals surface area contributed by atoms with E-state index < -0.39 is 0 Å². The fourth-order valence-electron chi connectivity index (χ4n) is 1.73. The molecule has 1 aliphatic rings. The molecule has 1 rings (SSSR count). The molecule has 0 aliphatic carbocycles. The van der Waals surface area contributed by atoms with Gasteiger partial charge in [0, 0.05) is 19.8 Å². The van der Waals surface area contributed by atoms with Crippen molar-refractivity contribution in [1.82, 2.24) is 0 Å². The van der Waals surface area contributed by atoms with E-state index in [-0.39, 0.29) is 0 Å². The van der Waals surface area contributed by atoms with E-state index in [1.807, 2.05) is 0 Å². The third-order valence-electron chi connectivity index (χ3n) is 2.55. The molecule has 0 aromatic carbocycles. The summed E-state index contributed by atoms with van der Waals surface area (Å²) in [5.74, 6) is 1.31. The van der Waals surface area contributed by atoms with Crippen molar-refractivity contribution < 1.29 is 9.84 Å². The highest BCUT2D eigenvalue weighted by molar-refractivity contribution is 4.68. The van der Waals surface area contributed by atoms with E-state index in [1.54, 1.807) is 0 Å². The first-order valence-corrected chi connectivity index (χ1v) is 4.53. The van der Waals surface area contributed by atoms with Crippen LogP contribution < -0.4 is 0 Å². The molecule has 1 fully saturated rings. The van der Waals surface area contributed by atoms with Crippen LogP contribution in [0.5, 0.6) is 0 Å². The SMILES string of the molecule is CC1COCCCC1CCO. The van der Waals surface area contributed by atoms with Crippen LogP contribution in [0, 0.1) is 11.8 Å². The molecule has 0 radical (unpaired) electrons. The van der Waals surface area contributed by atoms with Gasteiger partial charge in [-0.25, -0.2) is 0 Å². The molecule has 11 heavy (non-hydrogen) atoms. The molecule has 0 aromatic heterocycles. The second-order valence-corrected chi connectivity index (χ2v) is 3.47. The molecular formula is C9H18O2. The summed E-state index contributed by atoms with van der Waals surface area (Å²) < 4.78 is 5.40. The Kier molecular flexibility index (Phi) is 3.87. The maximum atomic E-state index is 8.79. The van der Waals surface area contributed by atoms with Crippen LogP contribution in [0.4, 0.5) is 0 Å². The monoisotopic (exact) mass is 158 g/mol. The van der Waals surface area contributed by atoms with Crippen LogP contribution in [0.25, 0.3) is 0 Å². The second-order valence-electron chi connectivity index (χ2n) is 3.47. The Bertz CT molecular complexity index is 104. The van der Waals surface area contributed by atoms with Crippen LogP contribution in [-0.2, 0) is 4.74 Å². The van der Waals surface area contributed by atoms with Crippen LogP contribution in [0.2, 0.25) is 0 Å². The average Bonchev–Trinajstić information content (AvgIpc) is 2.18. The minimum atomic E-state index is 0.328. The summed E-state index contributed by atoms with van der Waals surface area (Å²) >= 11 is 0. The molecule has 2 nitrogen and oxygen atoms in total. The Hall–Kier alpha value is -0.0800. The van der Waals surface area contributed by atoms with Crippen molar-refractivity contribution >= 4 is 0 Å². The molecule has 2 unspecified atom stereocenters. The summed E-state index contributed by atoms with van der Waals surface area (Å²) in [7, 11) is 0. The van der Waals surface area contributed by atoms with Gasteiger partial charge in [0.15, 0.2) is 0 Å². The van der Waals surface area contributed by atoms with Gasteiger partial charge in [-0.2, -0.15) is 0 Å². The molecule has 0 bridgehead atoms. The lowest BCUT2D eigenvalue weighted by atomic mass is 9.89. The minimum Gasteiger partial charge on any atom is -0.396 e. The Morgan fingerprint density at radius 2 is 2.36 bits per heavy atom. The van der Waals surface area contributed by atoms with Crippen molar-refractivity contribution in [2.24, 2.45) is 11.8 Å². The number of aliphatic hydroxyl groups excluding tert-OH is 1. The van der Waals surface area contributed by atoms with Gasteiger partial charge < -0.3 is 9.84 Å². The summed E-state index contributed by atoms with van der Waals surface area (Å²) in [4.78, 5) is 0. The summed E-state index contributed by atoms with van der Waals surface area (Å²) in [6.07, 6.45) is 3.33. The zero-order chi connectivity index (χ0) is 8.10. The zero-order valence-electron chi connectivity index (χ0n) is 7.25. The van der Waals surface area contributed by atoms with E-state index in [2.05, 4.69) is 6.92 Å². The number of rotatable bonds is 2. The number of ether oxygens (including phenoxy) is 1. The molecule has 1 saturated heterocycles. The van der Waals surface area contributed by atoms with Gasteiger partial charge in [0.1, 0.15) is 0 Å². The molecule has 0 spiro atoms. The van der Waals surface area contributed by atoms with Crippen LogP contribution in [0.15, 0.2) is 0 Å². The molecule has 0 amide bonds. The summed E-state index contributed by atoms with van der Waals surface area (Å²) in [5.41, 5.74) is 0. The normalized spacial score (nSPS) is 33.3. The van der Waals surface area contributed by atoms with Crippen LogP contribution in [0.3, 0.4) is 0 Å². The van der Waals surface area contributed by atoms with Crippen LogP contribution in [-0.4, -0.2) is 24.9 Å². The first kappa shape index (κ1) is 9.01. The third kappa shape index (κ3) is 2.80. The quantitative estimate of drug-likeness (QED) is 0.658. The smallest absolute Gasteiger partial charge is 0.0494 e. The molecule has 66 valence electrons. The van der Waals surface area contributed by atoms with Crippen LogP contribution >= 0.6 is 0 Å². The van der Waals surface area contributed by atoms with Gasteiger partial charge in [-0.1, -0.05) is 6.92 Å². The van der Waals surface area contributed by atoms with E-state index >= 15 is 0 Å². The molecule has 1 N–H and O–H groups in total. The van der Waals surface area contributed by atoms with E-state index in [9.17, 15) is 0 Å². The van der Waals surface area contributed by atoms with E-state index in [4.69, 9.17) is 9.84 Å². The Morgan fingerprint density at radius 1 is 1.55 bits per heavy atom.